The summed E-state index contributed by atoms with van der Waals surface area (Å²) in [6, 6.07) is 53.6. The smallest absolute Gasteiger partial charge is 0.136 e. The molecular formula is C38H25NO. The Bertz CT molecular complexity index is 2000. The molecule has 0 N–H and O–H groups in total. The number of fused-ring (bicyclic) bond motifs is 7. The van der Waals surface area contributed by atoms with Crippen LogP contribution in [0.4, 0.5) is 0 Å². The van der Waals surface area contributed by atoms with E-state index in [0.29, 0.717) is 0 Å². The van der Waals surface area contributed by atoms with Gasteiger partial charge in [0.05, 0.1) is 11.2 Å². The van der Waals surface area contributed by atoms with Gasteiger partial charge in [0.1, 0.15) is 11.5 Å². The average molecular weight is 512 g/mol. The highest BCUT2D eigenvalue weighted by Gasteiger charge is 2.29. The maximum atomic E-state index is 6.56. The second-order valence-electron chi connectivity index (χ2n) is 10.1. The molecule has 2 heterocycles. The Morgan fingerprint density at radius 1 is 0.400 bits per heavy atom. The maximum absolute atomic E-state index is 6.56. The van der Waals surface area contributed by atoms with Crippen LogP contribution in [0.5, 0.6) is 11.5 Å². The first-order valence-corrected chi connectivity index (χ1v) is 13.6. The highest BCUT2D eigenvalue weighted by atomic mass is 16.5. The summed E-state index contributed by atoms with van der Waals surface area (Å²) in [7, 11) is 0. The molecule has 188 valence electrons. The number of benzene rings is 6. The molecule has 0 bridgehead atoms. The van der Waals surface area contributed by atoms with Crippen LogP contribution in [-0.4, -0.2) is 4.57 Å². The zero-order valence-corrected chi connectivity index (χ0v) is 21.8. The van der Waals surface area contributed by atoms with Gasteiger partial charge in [-0.05, 0) is 47.0 Å². The van der Waals surface area contributed by atoms with Gasteiger partial charge in [-0.3, -0.25) is 0 Å². The normalized spacial score (nSPS) is 11.7. The first-order valence-electron chi connectivity index (χ1n) is 13.6. The molecule has 2 nitrogen and oxygen atoms in total. The predicted octanol–water partition coefficient (Wildman–Crippen LogP) is 10.4. The number of rotatable bonds is 3. The second-order valence-corrected chi connectivity index (χ2v) is 10.1. The summed E-state index contributed by atoms with van der Waals surface area (Å²) in [5.41, 5.74) is 11.6. The zero-order chi connectivity index (χ0) is 26.5. The molecule has 40 heavy (non-hydrogen) atoms. The van der Waals surface area contributed by atoms with Crippen molar-refractivity contribution < 1.29 is 4.74 Å². The Morgan fingerprint density at radius 2 is 0.950 bits per heavy atom. The maximum Gasteiger partial charge on any atom is 0.136 e. The van der Waals surface area contributed by atoms with Crippen LogP contribution in [0.1, 0.15) is 0 Å². The zero-order valence-electron chi connectivity index (χ0n) is 21.8. The van der Waals surface area contributed by atoms with Gasteiger partial charge in [0.25, 0.3) is 0 Å². The molecule has 0 atom stereocenters. The fraction of sp³-hybridized carbons (Fsp3) is 0. The molecular weight excluding hydrogens is 486 g/mol. The third kappa shape index (κ3) is 3.50. The molecule has 7 aromatic rings. The van der Waals surface area contributed by atoms with Gasteiger partial charge in [0, 0.05) is 33.3 Å². The van der Waals surface area contributed by atoms with Crippen molar-refractivity contribution in [3.63, 3.8) is 0 Å². The third-order valence-corrected chi connectivity index (χ3v) is 7.83. The van der Waals surface area contributed by atoms with Gasteiger partial charge in [-0.25, -0.2) is 0 Å². The minimum Gasteiger partial charge on any atom is -0.456 e. The van der Waals surface area contributed by atoms with Gasteiger partial charge in [-0.15, -0.1) is 0 Å². The van der Waals surface area contributed by atoms with Crippen LogP contribution in [0.3, 0.4) is 0 Å². The van der Waals surface area contributed by atoms with Crippen molar-refractivity contribution in [2.75, 3.05) is 0 Å². The van der Waals surface area contributed by atoms with E-state index in [-0.39, 0.29) is 0 Å². The van der Waals surface area contributed by atoms with E-state index >= 15 is 0 Å². The lowest BCUT2D eigenvalue weighted by Gasteiger charge is -2.16. The standard InChI is InChI=1S/C38H25NO/c1-3-12-26(13-4-1)27-22-24-29(25-23-27)39-37-30(28-14-5-2-6-15-28)18-11-19-33(37)36-31-16-7-9-20-34(31)40-35-21-10-8-17-32(35)38(36)39/h1-25H. The quantitative estimate of drug-likeness (QED) is 0.230. The Kier molecular flexibility index (Phi) is 5.17. The summed E-state index contributed by atoms with van der Waals surface area (Å²) in [5, 5.41) is 1.20. The lowest BCUT2D eigenvalue weighted by molar-refractivity contribution is 0.487. The molecule has 0 amide bonds. The Labute approximate surface area is 233 Å². The van der Waals surface area contributed by atoms with E-state index in [4.69, 9.17) is 4.74 Å². The highest BCUT2D eigenvalue weighted by molar-refractivity contribution is 6.12. The highest BCUT2D eigenvalue weighted by Crippen LogP contribution is 2.52. The van der Waals surface area contributed by atoms with Gasteiger partial charge in [-0.2, -0.15) is 0 Å². The summed E-state index contributed by atoms with van der Waals surface area (Å²) in [6.07, 6.45) is 0. The summed E-state index contributed by atoms with van der Waals surface area (Å²) in [5.74, 6) is 1.73. The second kappa shape index (κ2) is 9.14. The molecule has 0 aliphatic carbocycles. The van der Waals surface area contributed by atoms with Gasteiger partial charge in [-0.1, -0.05) is 121 Å². The van der Waals surface area contributed by atoms with Crippen LogP contribution >= 0.6 is 0 Å². The number of para-hydroxylation sites is 3. The van der Waals surface area contributed by atoms with Gasteiger partial charge >= 0.3 is 0 Å². The van der Waals surface area contributed by atoms with Crippen molar-refractivity contribution in [3.8, 4) is 61.8 Å². The fourth-order valence-electron chi connectivity index (χ4n) is 6.04. The van der Waals surface area contributed by atoms with E-state index < -0.39 is 0 Å². The molecule has 1 aromatic heterocycles. The number of aromatic nitrogens is 1. The first-order chi connectivity index (χ1) is 19.9. The first kappa shape index (κ1) is 22.6. The topological polar surface area (TPSA) is 14.2 Å². The number of hydrogen-bond donors (Lipinski definition) is 0. The molecule has 0 unspecified atom stereocenters. The van der Waals surface area contributed by atoms with Crippen molar-refractivity contribution >= 4 is 10.9 Å². The minimum atomic E-state index is 0.861. The molecule has 6 aromatic carbocycles. The molecule has 8 rings (SSSR count). The molecule has 0 spiro atoms. The van der Waals surface area contributed by atoms with Gasteiger partial charge < -0.3 is 9.30 Å². The monoisotopic (exact) mass is 511 g/mol. The van der Waals surface area contributed by atoms with Gasteiger partial charge in [0.15, 0.2) is 0 Å². The van der Waals surface area contributed by atoms with Crippen LogP contribution in [0.25, 0.3) is 61.2 Å². The minimum absolute atomic E-state index is 0.861. The lowest BCUT2D eigenvalue weighted by Crippen LogP contribution is -1.99. The van der Waals surface area contributed by atoms with E-state index in [0.717, 1.165) is 34.0 Å². The summed E-state index contributed by atoms with van der Waals surface area (Å²) >= 11 is 0. The Balaban J connectivity index is 1.51. The number of nitrogens with zero attached hydrogens (tertiary/aromatic N) is 1. The Hall–Kier alpha value is -5.34. The van der Waals surface area contributed by atoms with Crippen molar-refractivity contribution in [2.24, 2.45) is 0 Å². The molecule has 0 saturated carbocycles. The SMILES string of the molecule is c1ccc(-c2ccc(-n3c4c(c5cccc(-c6ccccc6)c53)-c3ccccc3Oc3ccccc3-4)cc2)cc1. The van der Waals surface area contributed by atoms with Crippen LogP contribution in [0.2, 0.25) is 0 Å². The summed E-state index contributed by atoms with van der Waals surface area (Å²) in [6.45, 7) is 0. The molecule has 1 aliphatic heterocycles. The van der Waals surface area contributed by atoms with E-state index in [9.17, 15) is 0 Å². The number of ether oxygens (including phenoxy) is 1. The molecule has 0 radical (unpaired) electrons. The molecule has 0 saturated heterocycles. The summed E-state index contributed by atoms with van der Waals surface area (Å²) < 4.78 is 9.00. The van der Waals surface area contributed by atoms with Crippen molar-refractivity contribution in [2.45, 2.75) is 0 Å². The third-order valence-electron chi connectivity index (χ3n) is 7.83. The molecule has 1 aliphatic rings. The van der Waals surface area contributed by atoms with E-state index in [1.807, 2.05) is 12.1 Å². The van der Waals surface area contributed by atoms with Crippen LogP contribution in [0.15, 0.2) is 152 Å². The summed E-state index contributed by atoms with van der Waals surface area (Å²) in [4.78, 5) is 0. The molecule has 0 fully saturated rings. The fourth-order valence-corrected chi connectivity index (χ4v) is 6.04. The molecule has 2 heteroatoms. The van der Waals surface area contributed by atoms with E-state index in [1.165, 1.54) is 38.7 Å². The van der Waals surface area contributed by atoms with E-state index in [2.05, 4.69) is 144 Å². The van der Waals surface area contributed by atoms with Crippen LogP contribution < -0.4 is 4.74 Å². The van der Waals surface area contributed by atoms with Crippen LogP contribution in [-0.2, 0) is 0 Å². The van der Waals surface area contributed by atoms with Gasteiger partial charge in [0.2, 0.25) is 0 Å². The van der Waals surface area contributed by atoms with Crippen molar-refractivity contribution in [3.05, 3.63) is 152 Å². The van der Waals surface area contributed by atoms with E-state index in [1.54, 1.807) is 0 Å². The lowest BCUT2D eigenvalue weighted by atomic mass is 9.96. The Morgan fingerprint density at radius 3 is 1.68 bits per heavy atom. The van der Waals surface area contributed by atoms with Crippen molar-refractivity contribution in [1.82, 2.24) is 4.57 Å². The predicted molar refractivity (Wildman–Crippen MR) is 165 cm³/mol. The number of hydrogen-bond acceptors (Lipinski definition) is 1. The average Bonchev–Trinajstić information content (AvgIpc) is 3.30. The van der Waals surface area contributed by atoms with Crippen LogP contribution in [0, 0.1) is 0 Å². The van der Waals surface area contributed by atoms with Crippen molar-refractivity contribution in [1.29, 1.82) is 0 Å². The largest absolute Gasteiger partial charge is 0.456 e.